The summed E-state index contributed by atoms with van der Waals surface area (Å²) in [7, 11) is 0. The summed E-state index contributed by atoms with van der Waals surface area (Å²) in [5.74, 6) is 0. The first-order valence-corrected chi connectivity index (χ1v) is 7.14. The minimum Gasteiger partial charge on any atom is -0.445 e. The van der Waals surface area contributed by atoms with Crippen LogP contribution in [0.25, 0.3) is 0 Å². The zero-order valence-electron chi connectivity index (χ0n) is 9.56. The SMILES string of the molecule is O=C(NCc1cscc1Br)OCc1ccccc1. The summed E-state index contributed by atoms with van der Waals surface area (Å²) >= 11 is 5.00. The molecule has 5 heteroatoms. The van der Waals surface area contributed by atoms with Crippen LogP contribution < -0.4 is 5.32 Å². The minimum atomic E-state index is -0.406. The minimum absolute atomic E-state index is 0.289. The number of nitrogens with one attached hydrogen (secondary N) is 1. The van der Waals surface area contributed by atoms with Gasteiger partial charge < -0.3 is 10.1 Å². The third-order valence-electron chi connectivity index (χ3n) is 2.32. The topological polar surface area (TPSA) is 38.3 Å². The lowest BCUT2D eigenvalue weighted by atomic mass is 10.2. The second-order valence-corrected chi connectivity index (χ2v) is 5.26. The molecule has 0 bridgehead atoms. The van der Waals surface area contributed by atoms with Gasteiger partial charge in [0.2, 0.25) is 0 Å². The van der Waals surface area contributed by atoms with E-state index in [2.05, 4.69) is 21.2 Å². The quantitative estimate of drug-likeness (QED) is 0.924. The van der Waals surface area contributed by atoms with E-state index >= 15 is 0 Å². The zero-order chi connectivity index (χ0) is 12.8. The number of carbonyl (C=O) groups is 1. The largest absolute Gasteiger partial charge is 0.445 e. The van der Waals surface area contributed by atoms with Crippen molar-refractivity contribution in [2.24, 2.45) is 0 Å². The predicted molar refractivity (Wildman–Crippen MR) is 75.5 cm³/mol. The van der Waals surface area contributed by atoms with Gasteiger partial charge in [0.05, 0.1) is 0 Å². The number of halogens is 1. The highest BCUT2D eigenvalue weighted by Gasteiger charge is 2.05. The van der Waals surface area contributed by atoms with Gasteiger partial charge in [-0.1, -0.05) is 30.3 Å². The molecule has 0 unspecified atom stereocenters. The molecule has 1 heterocycles. The molecule has 18 heavy (non-hydrogen) atoms. The Balaban J connectivity index is 1.75. The molecule has 0 atom stereocenters. The number of alkyl carbamates (subject to hydrolysis) is 1. The van der Waals surface area contributed by atoms with Crippen LogP contribution in [0.2, 0.25) is 0 Å². The van der Waals surface area contributed by atoms with E-state index in [1.165, 1.54) is 0 Å². The Labute approximate surface area is 118 Å². The predicted octanol–water partition coefficient (Wildman–Crippen LogP) is 3.94. The Bertz CT molecular complexity index is 513. The van der Waals surface area contributed by atoms with Crippen LogP contribution in [0, 0.1) is 0 Å². The van der Waals surface area contributed by atoms with Crippen LogP contribution in [0.15, 0.2) is 45.6 Å². The maximum absolute atomic E-state index is 11.5. The number of thiophene rings is 1. The van der Waals surface area contributed by atoms with E-state index in [1.807, 2.05) is 41.1 Å². The van der Waals surface area contributed by atoms with Gasteiger partial charge in [0.25, 0.3) is 0 Å². The van der Waals surface area contributed by atoms with Crippen LogP contribution in [0.5, 0.6) is 0 Å². The molecule has 1 aromatic heterocycles. The summed E-state index contributed by atoms with van der Waals surface area (Å²) in [6.45, 7) is 0.759. The second-order valence-electron chi connectivity index (χ2n) is 3.66. The Hall–Kier alpha value is -1.33. The molecule has 94 valence electrons. The summed E-state index contributed by atoms with van der Waals surface area (Å²) in [6.07, 6.45) is -0.406. The fourth-order valence-corrected chi connectivity index (χ4v) is 2.82. The molecule has 2 rings (SSSR count). The molecule has 0 fully saturated rings. The van der Waals surface area contributed by atoms with Gasteiger partial charge in [0, 0.05) is 16.4 Å². The molecule has 3 nitrogen and oxygen atoms in total. The molecule has 0 aliphatic carbocycles. The average Bonchev–Trinajstić information content (AvgIpc) is 2.81. The van der Waals surface area contributed by atoms with Crippen molar-refractivity contribution in [1.29, 1.82) is 0 Å². The number of benzene rings is 1. The maximum atomic E-state index is 11.5. The van der Waals surface area contributed by atoms with Gasteiger partial charge >= 0.3 is 6.09 Å². The summed E-state index contributed by atoms with van der Waals surface area (Å²) in [5, 5.41) is 6.68. The summed E-state index contributed by atoms with van der Waals surface area (Å²) in [6, 6.07) is 9.60. The highest BCUT2D eigenvalue weighted by atomic mass is 79.9. The van der Waals surface area contributed by atoms with Crippen LogP contribution in [0.1, 0.15) is 11.1 Å². The lowest BCUT2D eigenvalue weighted by Crippen LogP contribution is -2.23. The Morgan fingerprint density at radius 3 is 2.72 bits per heavy atom. The van der Waals surface area contributed by atoms with E-state index in [9.17, 15) is 4.79 Å². The molecule has 0 aliphatic heterocycles. The van der Waals surface area contributed by atoms with E-state index in [1.54, 1.807) is 11.3 Å². The van der Waals surface area contributed by atoms with Crippen molar-refractivity contribution < 1.29 is 9.53 Å². The van der Waals surface area contributed by atoms with Crippen LogP contribution >= 0.6 is 27.3 Å². The standard InChI is InChI=1S/C13H12BrNO2S/c14-12-9-18-8-11(12)6-15-13(16)17-7-10-4-2-1-3-5-10/h1-5,8-9H,6-7H2,(H,15,16). The molecule has 2 aromatic rings. The summed E-state index contributed by atoms with van der Waals surface area (Å²) in [5.41, 5.74) is 2.03. The lowest BCUT2D eigenvalue weighted by molar-refractivity contribution is 0.139. The molecule has 0 saturated carbocycles. The third kappa shape index (κ3) is 3.85. The smallest absolute Gasteiger partial charge is 0.407 e. The average molecular weight is 326 g/mol. The molecular weight excluding hydrogens is 314 g/mol. The molecule has 1 N–H and O–H groups in total. The fraction of sp³-hybridized carbons (Fsp3) is 0.154. The molecule has 1 amide bonds. The van der Waals surface area contributed by atoms with Crippen LogP contribution in [-0.4, -0.2) is 6.09 Å². The van der Waals surface area contributed by atoms with Crippen molar-refractivity contribution in [3.63, 3.8) is 0 Å². The van der Waals surface area contributed by atoms with E-state index in [-0.39, 0.29) is 6.61 Å². The van der Waals surface area contributed by atoms with Crippen LogP contribution in [-0.2, 0) is 17.9 Å². The number of hydrogen-bond donors (Lipinski definition) is 1. The summed E-state index contributed by atoms with van der Waals surface area (Å²) in [4.78, 5) is 11.5. The van der Waals surface area contributed by atoms with E-state index in [0.29, 0.717) is 6.54 Å². The van der Waals surface area contributed by atoms with Crippen molar-refractivity contribution >= 4 is 33.4 Å². The van der Waals surface area contributed by atoms with E-state index in [0.717, 1.165) is 15.6 Å². The van der Waals surface area contributed by atoms with Crippen molar-refractivity contribution in [2.75, 3.05) is 0 Å². The molecule has 0 saturated heterocycles. The van der Waals surface area contributed by atoms with Gasteiger partial charge in [-0.25, -0.2) is 4.79 Å². The molecule has 0 spiro atoms. The monoisotopic (exact) mass is 325 g/mol. The zero-order valence-corrected chi connectivity index (χ0v) is 12.0. The Morgan fingerprint density at radius 2 is 2.06 bits per heavy atom. The number of ether oxygens (including phenoxy) is 1. The molecular formula is C13H12BrNO2S. The molecule has 0 radical (unpaired) electrons. The van der Waals surface area contributed by atoms with Crippen molar-refractivity contribution in [1.82, 2.24) is 5.32 Å². The Kier molecular flexibility index (Phi) is 4.78. The number of carbonyl (C=O) groups excluding carboxylic acids is 1. The van der Waals surface area contributed by atoms with Gasteiger partial charge in [0.1, 0.15) is 6.61 Å². The van der Waals surface area contributed by atoms with Crippen molar-refractivity contribution in [2.45, 2.75) is 13.2 Å². The van der Waals surface area contributed by atoms with Crippen molar-refractivity contribution in [3.05, 3.63) is 56.7 Å². The van der Waals surface area contributed by atoms with E-state index < -0.39 is 6.09 Å². The normalized spacial score (nSPS) is 10.1. The van der Waals surface area contributed by atoms with Crippen molar-refractivity contribution in [3.8, 4) is 0 Å². The Morgan fingerprint density at radius 1 is 1.28 bits per heavy atom. The molecule has 1 aromatic carbocycles. The fourth-order valence-electron chi connectivity index (χ4n) is 1.38. The van der Waals surface area contributed by atoms with Gasteiger partial charge in [-0.2, -0.15) is 11.3 Å². The van der Waals surface area contributed by atoms with Crippen LogP contribution in [0.3, 0.4) is 0 Å². The maximum Gasteiger partial charge on any atom is 0.407 e. The van der Waals surface area contributed by atoms with Gasteiger partial charge in [-0.05, 0) is 32.4 Å². The second kappa shape index (κ2) is 6.56. The number of rotatable bonds is 4. The third-order valence-corrected chi connectivity index (χ3v) is 4.16. The van der Waals surface area contributed by atoms with Gasteiger partial charge in [-0.3, -0.25) is 0 Å². The first-order chi connectivity index (χ1) is 8.75. The number of hydrogen-bond acceptors (Lipinski definition) is 3. The number of amides is 1. The highest BCUT2D eigenvalue weighted by molar-refractivity contribution is 9.10. The summed E-state index contributed by atoms with van der Waals surface area (Å²) < 4.78 is 6.11. The molecule has 0 aliphatic rings. The van der Waals surface area contributed by atoms with Crippen LogP contribution in [0.4, 0.5) is 4.79 Å². The van der Waals surface area contributed by atoms with Gasteiger partial charge in [0.15, 0.2) is 0 Å². The lowest BCUT2D eigenvalue weighted by Gasteiger charge is -2.06. The first kappa shape index (κ1) is 13.1. The highest BCUT2D eigenvalue weighted by Crippen LogP contribution is 2.20. The first-order valence-electron chi connectivity index (χ1n) is 5.41. The van der Waals surface area contributed by atoms with E-state index in [4.69, 9.17) is 4.74 Å². The van der Waals surface area contributed by atoms with Gasteiger partial charge in [-0.15, -0.1) is 0 Å².